The molecule has 1 aliphatic heterocycles. The van der Waals surface area contributed by atoms with E-state index >= 15 is 0 Å². The van der Waals surface area contributed by atoms with E-state index < -0.39 is 11.6 Å². The zero-order valence-corrected chi connectivity index (χ0v) is 10.7. The van der Waals surface area contributed by atoms with Crippen molar-refractivity contribution in [1.29, 1.82) is 0 Å². The molecule has 2 rings (SSSR count). The second-order valence-corrected chi connectivity index (χ2v) is 4.79. The molecule has 86 valence electrons. The number of hydrogen-bond acceptors (Lipinski definition) is 4. The number of fused-ring (bicyclic) bond motifs is 1. The minimum absolute atomic E-state index is 0.0806. The summed E-state index contributed by atoms with van der Waals surface area (Å²) >= 11 is 1.93. The minimum Gasteiger partial charge on any atom is -0.458 e. The van der Waals surface area contributed by atoms with Gasteiger partial charge in [-0.1, -0.05) is 6.92 Å². The number of pyridine rings is 1. The van der Waals surface area contributed by atoms with E-state index in [0.29, 0.717) is 14.8 Å². The van der Waals surface area contributed by atoms with Crippen LogP contribution >= 0.6 is 22.6 Å². The molecule has 0 bridgehead atoms. The molecule has 0 spiro atoms. The predicted molar refractivity (Wildman–Crippen MR) is 63.8 cm³/mol. The van der Waals surface area contributed by atoms with Crippen molar-refractivity contribution in [2.24, 2.45) is 0 Å². The fourth-order valence-corrected chi connectivity index (χ4v) is 2.33. The summed E-state index contributed by atoms with van der Waals surface area (Å²) in [7, 11) is 0. The Balaban J connectivity index is 2.73. The van der Waals surface area contributed by atoms with Gasteiger partial charge in [0.05, 0.1) is 9.26 Å². The van der Waals surface area contributed by atoms with Gasteiger partial charge in [-0.05, 0) is 35.1 Å². The van der Waals surface area contributed by atoms with Crippen LogP contribution in [0, 0.1) is 3.70 Å². The normalized spacial score (nSPS) is 23.8. The van der Waals surface area contributed by atoms with Gasteiger partial charge in [0.25, 0.3) is 5.56 Å². The molecule has 6 heteroatoms. The highest BCUT2D eigenvalue weighted by molar-refractivity contribution is 14.1. The third kappa shape index (κ3) is 1.56. The Bertz CT molecular complexity index is 510. The summed E-state index contributed by atoms with van der Waals surface area (Å²) < 4.78 is 5.41. The number of esters is 1. The molecule has 0 radical (unpaired) electrons. The molecule has 1 atom stereocenters. The summed E-state index contributed by atoms with van der Waals surface area (Å²) in [6.45, 7) is 1.59. The lowest BCUT2D eigenvalue weighted by Crippen LogP contribution is -2.43. The maximum absolute atomic E-state index is 11.6. The molecule has 16 heavy (non-hydrogen) atoms. The van der Waals surface area contributed by atoms with Crippen LogP contribution in [0.5, 0.6) is 0 Å². The molecule has 2 heterocycles. The van der Waals surface area contributed by atoms with Gasteiger partial charge in [-0.2, -0.15) is 0 Å². The Morgan fingerprint density at radius 1 is 1.62 bits per heavy atom. The third-order valence-corrected chi connectivity index (χ3v) is 3.33. The second-order valence-electron chi connectivity index (χ2n) is 3.63. The molecular formula is C10H10INO4. The first-order valence-corrected chi connectivity index (χ1v) is 5.88. The van der Waals surface area contributed by atoms with E-state index in [9.17, 15) is 14.7 Å². The fraction of sp³-hybridized carbons (Fsp3) is 0.400. The van der Waals surface area contributed by atoms with E-state index in [-0.39, 0.29) is 18.6 Å². The number of cyclic esters (lactones) is 1. The summed E-state index contributed by atoms with van der Waals surface area (Å²) in [5.41, 5.74) is -1.33. The summed E-state index contributed by atoms with van der Waals surface area (Å²) in [6, 6.07) is 1.61. The van der Waals surface area contributed by atoms with E-state index in [1.165, 1.54) is 0 Å². The fourth-order valence-electron chi connectivity index (χ4n) is 1.77. The number of nitrogens with one attached hydrogen (secondary N) is 1. The number of hydrogen-bond donors (Lipinski definition) is 2. The van der Waals surface area contributed by atoms with Gasteiger partial charge in [0, 0.05) is 5.56 Å². The van der Waals surface area contributed by atoms with Gasteiger partial charge in [-0.15, -0.1) is 0 Å². The van der Waals surface area contributed by atoms with Crippen molar-refractivity contribution in [3.63, 3.8) is 0 Å². The second kappa shape index (κ2) is 3.85. The van der Waals surface area contributed by atoms with E-state index in [1.807, 2.05) is 22.6 Å². The average Bonchev–Trinajstić information content (AvgIpc) is 2.24. The van der Waals surface area contributed by atoms with Crippen LogP contribution in [-0.4, -0.2) is 16.1 Å². The van der Waals surface area contributed by atoms with E-state index in [0.717, 1.165) is 0 Å². The Kier molecular flexibility index (Phi) is 2.79. The van der Waals surface area contributed by atoms with Gasteiger partial charge in [0.1, 0.15) is 6.61 Å². The highest BCUT2D eigenvalue weighted by Gasteiger charge is 2.43. The third-order valence-electron chi connectivity index (χ3n) is 2.75. The number of carbonyl (C=O) groups is 1. The van der Waals surface area contributed by atoms with Gasteiger partial charge >= 0.3 is 5.97 Å². The van der Waals surface area contributed by atoms with Crippen molar-refractivity contribution in [3.05, 3.63) is 31.2 Å². The standard InChI is InChI=1S/C10H10INO4/c1-2-10(15)6-3-7(11)12-8(13)5(6)4-16-9(10)14/h3,15H,2,4H2,1H3,(H,12,13)/t10-/m0/s1. The molecule has 0 fully saturated rings. The van der Waals surface area contributed by atoms with Crippen LogP contribution in [0.3, 0.4) is 0 Å². The van der Waals surface area contributed by atoms with Crippen LogP contribution in [0.1, 0.15) is 24.5 Å². The number of carbonyl (C=O) groups excluding carboxylic acids is 1. The number of aromatic amines is 1. The number of aliphatic hydroxyl groups is 1. The summed E-state index contributed by atoms with van der Waals surface area (Å²) in [5, 5.41) is 10.2. The van der Waals surface area contributed by atoms with Gasteiger partial charge in [0.2, 0.25) is 0 Å². The zero-order valence-electron chi connectivity index (χ0n) is 8.54. The molecule has 1 aliphatic rings. The zero-order chi connectivity index (χ0) is 11.9. The van der Waals surface area contributed by atoms with Crippen LogP contribution in [0.4, 0.5) is 0 Å². The number of aromatic nitrogens is 1. The number of halogens is 1. The quantitative estimate of drug-likeness (QED) is 0.448. The molecule has 0 saturated heterocycles. The smallest absolute Gasteiger partial charge is 0.343 e. The highest BCUT2D eigenvalue weighted by Crippen LogP contribution is 2.32. The molecule has 5 nitrogen and oxygen atoms in total. The van der Waals surface area contributed by atoms with Crippen LogP contribution < -0.4 is 5.56 Å². The minimum atomic E-state index is -1.69. The molecule has 0 saturated carbocycles. The first-order chi connectivity index (χ1) is 7.49. The topological polar surface area (TPSA) is 79.4 Å². The molecule has 2 N–H and O–H groups in total. The van der Waals surface area contributed by atoms with Crippen molar-refractivity contribution in [1.82, 2.24) is 4.98 Å². The lowest BCUT2D eigenvalue weighted by atomic mass is 9.87. The van der Waals surface area contributed by atoms with Gasteiger partial charge in [0.15, 0.2) is 5.60 Å². The first kappa shape index (κ1) is 11.6. The van der Waals surface area contributed by atoms with Crippen molar-refractivity contribution >= 4 is 28.6 Å². The summed E-state index contributed by atoms with van der Waals surface area (Å²) in [5.74, 6) is -0.691. The maximum atomic E-state index is 11.6. The van der Waals surface area contributed by atoms with E-state index in [2.05, 4.69) is 4.98 Å². The molecular weight excluding hydrogens is 325 g/mol. The summed E-state index contributed by atoms with van der Waals surface area (Å²) in [4.78, 5) is 25.8. The number of rotatable bonds is 1. The monoisotopic (exact) mass is 335 g/mol. The van der Waals surface area contributed by atoms with E-state index in [4.69, 9.17) is 4.74 Å². The molecule has 0 aliphatic carbocycles. The van der Waals surface area contributed by atoms with Crippen LogP contribution in [0.25, 0.3) is 0 Å². The molecule has 1 aromatic rings. The Morgan fingerprint density at radius 3 is 2.94 bits per heavy atom. The molecule has 0 unspecified atom stereocenters. The Hall–Kier alpha value is -0.890. The van der Waals surface area contributed by atoms with E-state index in [1.54, 1.807) is 13.0 Å². The van der Waals surface area contributed by atoms with Crippen LogP contribution in [-0.2, 0) is 21.7 Å². The first-order valence-electron chi connectivity index (χ1n) is 4.81. The van der Waals surface area contributed by atoms with Crippen molar-refractivity contribution in [2.75, 3.05) is 0 Å². The van der Waals surface area contributed by atoms with Gasteiger partial charge in [-0.25, -0.2) is 4.79 Å². The lowest BCUT2D eigenvalue weighted by molar-refractivity contribution is -0.172. The highest BCUT2D eigenvalue weighted by atomic mass is 127. The Labute approximate surface area is 105 Å². The number of H-pyrrole nitrogens is 1. The van der Waals surface area contributed by atoms with Gasteiger partial charge in [-0.3, -0.25) is 4.79 Å². The summed E-state index contributed by atoms with van der Waals surface area (Å²) in [6.07, 6.45) is 0.179. The van der Waals surface area contributed by atoms with Crippen LogP contribution in [0.15, 0.2) is 10.9 Å². The van der Waals surface area contributed by atoms with Crippen LogP contribution in [0.2, 0.25) is 0 Å². The molecule has 0 aromatic carbocycles. The lowest BCUT2D eigenvalue weighted by Gasteiger charge is -2.30. The predicted octanol–water partition coefficient (Wildman–Crippen LogP) is 0.634. The van der Waals surface area contributed by atoms with Crippen molar-refractivity contribution in [3.8, 4) is 0 Å². The molecule has 0 amide bonds. The van der Waals surface area contributed by atoms with Crippen molar-refractivity contribution < 1.29 is 14.6 Å². The van der Waals surface area contributed by atoms with Gasteiger partial charge < -0.3 is 14.8 Å². The Morgan fingerprint density at radius 2 is 2.31 bits per heavy atom. The average molecular weight is 335 g/mol. The maximum Gasteiger partial charge on any atom is 0.343 e. The largest absolute Gasteiger partial charge is 0.458 e. The SMILES string of the molecule is CC[C@@]1(O)C(=O)OCc2c1cc(I)[nH]c2=O. The molecule has 1 aromatic heterocycles. The number of ether oxygens (including phenoxy) is 1. The van der Waals surface area contributed by atoms with Crippen molar-refractivity contribution in [2.45, 2.75) is 25.6 Å².